The van der Waals surface area contributed by atoms with Crippen LogP contribution in [0.1, 0.15) is 6.92 Å². The standard InChI is InChI=1S/C11H18N2O/c1-8(2)7-10(9(3)12-4)11(14)13(5)6/h7,12H,1,3H2,2,4-6H3/b10-7-. The molecule has 0 bridgehead atoms. The number of likely N-dealkylation sites (N-methyl/N-ethyl adjacent to an activating group) is 2. The summed E-state index contributed by atoms with van der Waals surface area (Å²) < 4.78 is 0. The van der Waals surface area contributed by atoms with Gasteiger partial charge in [0.1, 0.15) is 0 Å². The molecule has 0 aromatic rings. The number of carbonyl (C=O) groups excluding carboxylic acids is 1. The van der Waals surface area contributed by atoms with Crippen molar-refractivity contribution in [3.8, 4) is 0 Å². The first-order chi connectivity index (χ1) is 6.40. The topological polar surface area (TPSA) is 32.3 Å². The second-order valence-corrected chi connectivity index (χ2v) is 3.33. The van der Waals surface area contributed by atoms with Gasteiger partial charge < -0.3 is 10.2 Å². The van der Waals surface area contributed by atoms with E-state index in [1.165, 1.54) is 4.90 Å². The second kappa shape index (κ2) is 5.27. The first-order valence-electron chi connectivity index (χ1n) is 4.36. The molecule has 0 heterocycles. The van der Waals surface area contributed by atoms with Gasteiger partial charge in [0.15, 0.2) is 0 Å². The number of nitrogens with one attached hydrogen (secondary N) is 1. The third-order valence-electron chi connectivity index (χ3n) is 1.65. The van der Waals surface area contributed by atoms with Gasteiger partial charge in [-0.3, -0.25) is 4.79 Å². The van der Waals surface area contributed by atoms with Crippen molar-refractivity contribution in [2.45, 2.75) is 6.92 Å². The average molecular weight is 194 g/mol. The number of rotatable bonds is 4. The summed E-state index contributed by atoms with van der Waals surface area (Å²) in [5.41, 5.74) is 1.98. The minimum absolute atomic E-state index is 0.0765. The van der Waals surface area contributed by atoms with Crippen molar-refractivity contribution in [2.75, 3.05) is 21.1 Å². The zero-order valence-electron chi connectivity index (χ0n) is 9.35. The number of allylic oxidation sites excluding steroid dienone is 2. The molecule has 3 nitrogen and oxygen atoms in total. The Kier molecular flexibility index (Phi) is 4.70. The van der Waals surface area contributed by atoms with Crippen molar-refractivity contribution >= 4 is 5.91 Å². The second-order valence-electron chi connectivity index (χ2n) is 3.33. The summed E-state index contributed by atoms with van der Waals surface area (Å²) in [5, 5.41) is 2.85. The van der Waals surface area contributed by atoms with E-state index >= 15 is 0 Å². The summed E-state index contributed by atoms with van der Waals surface area (Å²) in [6.07, 6.45) is 1.72. The molecule has 0 atom stereocenters. The summed E-state index contributed by atoms with van der Waals surface area (Å²) in [4.78, 5) is 13.2. The maximum absolute atomic E-state index is 11.7. The summed E-state index contributed by atoms with van der Waals surface area (Å²) in [6, 6.07) is 0. The molecule has 0 aromatic heterocycles. The fourth-order valence-corrected chi connectivity index (χ4v) is 0.900. The van der Waals surface area contributed by atoms with E-state index in [-0.39, 0.29) is 5.91 Å². The van der Waals surface area contributed by atoms with Crippen LogP contribution in [0.15, 0.2) is 36.1 Å². The third-order valence-corrected chi connectivity index (χ3v) is 1.65. The summed E-state index contributed by atoms with van der Waals surface area (Å²) >= 11 is 0. The van der Waals surface area contributed by atoms with Crippen LogP contribution in [0, 0.1) is 0 Å². The Morgan fingerprint density at radius 1 is 1.36 bits per heavy atom. The molecule has 0 unspecified atom stereocenters. The predicted molar refractivity (Wildman–Crippen MR) is 59.8 cm³/mol. The monoisotopic (exact) mass is 194 g/mol. The molecule has 3 heteroatoms. The van der Waals surface area contributed by atoms with Crippen LogP contribution >= 0.6 is 0 Å². The summed E-state index contributed by atoms with van der Waals surface area (Å²) in [7, 11) is 5.15. The number of carbonyl (C=O) groups is 1. The molecule has 0 aliphatic carbocycles. The molecule has 0 aliphatic heterocycles. The highest BCUT2D eigenvalue weighted by Crippen LogP contribution is 2.10. The highest BCUT2D eigenvalue weighted by Gasteiger charge is 2.13. The number of amides is 1. The highest BCUT2D eigenvalue weighted by atomic mass is 16.2. The molecule has 0 saturated heterocycles. The Morgan fingerprint density at radius 3 is 2.14 bits per heavy atom. The molecule has 1 N–H and O–H groups in total. The zero-order chi connectivity index (χ0) is 11.3. The largest absolute Gasteiger partial charge is 0.388 e. The lowest BCUT2D eigenvalue weighted by Crippen LogP contribution is -2.26. The maximum Gasteiger partial charge on any atom is 0.255 e. The van der Waals surface area contributed by atoms with E-state index in [4.69, 9.17) is 0 Å². The van der Waals surface area contributed by atoms with Crippen molar-refractivity contribution in [2.24, 2.45) is 0 Å². The first-order valence-corrected chi connectivity index (χ1v) is 4.36. The van der Waals surface area contributed by atoms with Gasteiger partial charge in [-0.1, -0.05) is 18.7 Å². The van der Waals surface area contributed by atoms with E-state index in [0.29, 0.717) is 11.3 Å². The van der Waals surface area contributed by atoms with Gasteiger partial charge in [0.05, 0.1) is 5.57 Å². The van der Waals surface area contributed by atoms with Gasteiger partial charge >= 0.3 is 0 Å². The lowest BCUT2D eigenvalue weighted by molar-refractivity contribution is -0.124. The van der Waals surface area contributed by atoms with E-state index in [1.807, 2.05) is 6.92 Å². The third kappa shape index (κ3) is 3.47. The molecule has 0 saturated carbocycles. The van der Waals surface area contributed by atoms with Gasteiger partial charge in [-0.05, 0) is 13.0 Å². The molecular formula is C11H18N2O. The van der Waals surface area contributed by atoms with Gasteiger partial charge in [0.25, 0.3) is 5.91 Å². The maximum atomic E-state index is 11.7. The molecule has 14 heavy (non-hydrogen) atoms. The van der Waals surface area contributed by atoms with Gasteiger partial charge in [-0.15, -0.1) is 0 Å². The molecular weight excluding hydrogens is 176 g/mol. The minimum atomic E-state index is -0.0765. The first kappa shape index (κ1) is 12.5. The van der Waals surface area contributed by atoms with E-state index in [2.05, 4.69) is 18.5 Å². The predicted octanol–water partition coefficient (Wildman–Crippen LogP) is 1.31. The fourth-order valence-electron chi connectivity index (χ4n) is 0.900. The van der Waals surface area contributed by atoms with E-state index in [9.17, 15) is 4.79 Å². The lowest BCUT2D eigenvalue weighted by Gasteiger charge is -2.15. The molecule has 0 fully saturated rings. The van der Waals surface area contributed by atoms with Gasteiger partial charge in [0, 0.05) is 26.8 Å². The van der Waals surface area contributed by atoms with Crippen LogP contribution in [0.2, 0.25) is 0 Å². The normalized spacial score (nSPS) is 10.7. The van der Waals surface area contributed by atoms with Crippen LogP contribution < -0.4 is 5.32 Å². The average Bonchev–Trinajstić information content (AvgIpc) is 2.11. The number of hydrogen-bond acceptors (Lipinski definition) is 2. The van der Waals surface area contributed by atoms with Crippen molar-refractivity contribution in [1.82, 2.24) is 10.2 Å². The molecule has 0 aromatic carbocycles. The lowest BCUT2D eigenvalue weighted by atomic mass is 10.1. The van der Waals surface area contributed by atoms with Crippen LogP contribution in [0.3, 0.4) is 0 Å². The Balaban J connectivity index is 5.02. The van der Waals surface area contributed by atoms with Crippen LogP contribution in [0.4, 0.5) is 0 Å². The van der Waals surface area contributed by atoms with Gasteiger partial charge in [-0.25, -0.2) is 0 Å². The Hall–Kier alpha value is -1.51. The zero-order valence-corrected chi connectivity index (χ0v) is 9.35. The van der Waals surface area contributed by atoms with E-state index in [0.717, 1.165) is 5.57 Å². The SMILES string of the molecule is C=C(C)/C=C(/C(=C)NC)C(=O)N(C)C. The van der Waals surface area contributed by atoms with Crippen LogP contribution in [-0.2, 0) is 4.79 Å². The van der Waals surface area contributed by atoms with E-state index < -0.39 is 0 Å². The quantitative estimate of drug-likeness (QED) is 0.540. The highest BCUT2D eigenvalue weighted by molar-refractivity contribution is 5.97. The molecule has 0 radical (unpaired) electrons. The Labute approximate surface area is 85.8 Å². The number of hydrogen-bond donors (Lipinski definition) is 1. The Bertz CT molecular complexity index is 288. The van der Waals surface area contributed by atoms with Crippen LogP contribution in [0.5, 0.6) is 0 Å². The Morgan fingerprint density at radius 2 is 1.86 bits per heavy atom. The van der Waals surface area contributed by atoms with E-state index in [1.54, 1.807) is 27.2 Å². The molecule has 78 valence electrons. The fraction of sp³-hybridized carbons (Fsp3) is 0.364. The molecule has 0 spiro atoms. The van der Waals surface area contributed by atoms with Gasteiger partial charge in [-0.2, -0.15) is 0 Å². The molecule has 1 amide bonds. The van der Waals surface area contributed by atoms with Crippen molar-refractivity contribution in [3.05, 3.63) is 36.1 Å². The summed E-state index contributed by atoms with van der Waals surface area (Å²) in [5.74, 6) is -0.0765. The minimum Gasteiger partial charge on any atom is -0.388 e. The smallest absolute Gasteiger partial charge is 0.255 e. The van der Waals surface area contributed by atoms with Crippen LogP contribution in [-0.4, -0.2) is 32.0 Å². The molecule has 0 aliphatic rings. The van der Waals surface area contributed by atoms with Crippen molar-refractivity contribution in [3.63, 3.8) is 0 Å². The molecule has 0 rings (SSSR count). The van der Waals surface area contributed by atoms with Crippen molar-refractivity contribution in [1.29, 1.82) is 0 Å². The number of nitrogens with zero attached hydrogens (tertiary/aromatic N) is 1. The van der Waals surface area contributed by atoms with Crippen molar-refractivity contribution < 1.29 is 4.79 Å². The summed E-state index contributed by atoms with van der Waals surface area (Å²) in [6.45, 7) is 9.34. The van der Waals surface area contributed by atoms with Gasteiger partial charge in [0.2, 0.25) is 0 Å². The van der Waals surface area contributed by atoms with Crippen LogP contribution in [0.25, 0.3) is 0 Å².